The molecule has 0 amide bonds. The van der Waals surface area contributed by atoms with Gasteiger partial charge in [-0.15, -0.1) is 11.3 Å². The highest BCUT2D eigenvalue weighted by Gasteiger charge is 2.31. The van der Waals surface area contributed by atoms with Gasteiger partial charge in [0.25, 0.3) is 0 Å². The van der Waals surface area contributed by atoms with Gasteiger partial charge in [0.2, 0.25) is 0 Å². The van der Waals surface area contributed by atoms with Gasteiger partial charge < -0.3 is 10.6 Å². The molecule has 1 aromatic carbocycles. The van der Waals surface area contributed by atoms with E-state index in [2.05, 4.69) is 50.9 Å². The summed E-state index contributed by atoms with van der Waals surface area (Å²) in [5, 5.41) is 0. The topological polar surface area (TPSA) is 41.6 Å². The Morgan fingerprint density at radius 2 is 2.20 bits per heavy atom. The van der Waals surface area contributed by atoms with Gasteiger partial charge in [0, 0.05) is 15.0 Å². The molecule has 0 aliphatic carbocycles. The maximum atomic E-state index is 6.15. The van der Waals surface area contributed by atoms with E-state index in [0.717, 1.165) is 19.4 Å². The maximum absolute atomic E-state index is 6.15. The van der Waals surface area contributed by atoms with Crippen LogP contribution in [0.4, 0.5) is 5.69 Å². The van der Waals surface area contributed by atoms with E-state index in [1.165, 1.54) is 5.56 Å². The van der Waals surface area contributed by atoms with E-state index >= 15 is 0 Å². The zero-order chi connectivity index (χ0) is 14.3. The first-order valence-corrected chi connectivity index (χ1v) is 8.16. The number of aliphatic imine (C=N–C) groups is 1. The lowest BCUT2D eigenvalue weighted by molar-refractivity contribution is 0.782. The van der Waals surface area contributed by atoms with Gasteiger partial charge in [0.1, 0.15) is 4.34 Å². The van der Waals surface area contributed by atoms with E-state index in [9.17, 15) is 0 Å². The lowest BCUT2D eigenvalue weighted by atomic mass is 10.1. The fourth-order valence-electron chi connectivity index (χ4n) is 2.37. The Morgan fingerprint density at radius 3 is 2.85 bits per heavy atom. The predicted octanol–water partition coefficient (Wildman–Crippen LogP) is 4.35. The third-order valence-corrected chi connectivity index (χ3v) is 5.93. The van der Waals surface area contributed by atoms with Crippen molar-refractivity contribution in [2.24, 2.45) is 10.7 Å². The molecule has 0 spiro atoms. The molecular formula is C14H13BrClN3S. The minimum atomic E-state index is 0.116. The summed E-state index contributed by atoms with van der Waals surface area (Å²) in [5.41, 5.74) is 8.36. The Bertz CT molecular complexity index is 663. The molecule has 3 nitrogen and oxygen atoms in total. The second-order valence-corrected chi connectivity index (χ2v) is 7.18. The standard InChI is InChI=1S/C14H13BrClN3S/c1-8-4-2-3-5-10(8)19-11(7-18-14(19)17)12-6-9(15)13(16)20-12/h2-6,11H,7H2,1H3,(H2,17,18). The second-order valence-electron chi connectivity index (χ2n) is 4.64. The second kappa shape index (κ2) is 5.39. The van der Waals surface area contributed by atoms with Crippen molar-refractivity contribution in [3.63, 3.8) is 0 Å². The van der Waals surface area contributed by atoms with Crippen LogP contribution in [0.1, 0.15) is 16.5 Å². The number of anilines is 1. The minimum absolute atomic E-state index is 0.116. The van der Waals surface area contributed by atoms with Gasteiger partial charge in [0.15, 0.2) is 5.96 Å². The molecular weight excluding hydrogens is 358 g/mol. The summed E-state index contributed by atoms with van der Waals surface area (Å²) in [6, 6.07) is 10.4. The summed E-state index contributed by atoms with van der Waals surface area (Å²) in [4.78, 5) is 7.65. The van der Waals surface area contributed by atoms with Crippen molar-refractivity contribution in [1.29, 1.82) is 0 Å². The molecule has 2 aromatic rings. The number of guanidine groups is 1. The molecule has 1 atom stereocenters. The summed E-state index contributed by atoms with van der Waals surface area (Å²) < 4.78 is 1.68. The van der Waals surface area contributed by atoms with Crippen molar-refractivity contribution < 1.29 is 0 Å². The Hall–Kier alpha value is -1.04. The largest absolute Gasteiger partial charge is 0.369 e. The third kappa shape index (κ3) is 2.34. The number of hydrogen-bond acceptors (Lipinski definition) is 4. The highest BCUT2D eigenvalue weighted by molar-refractivity contribution is 9.10. The van der Waals surface area contributed by atoms with Crippen molar-refractivity contribution in [1.82, 2.24) is 0 Å². The molecule has 0 saturated heterocycles. The van der Waals surface area contributed by atoms with Crippen LogP contribution in [0, 0.1) is 6.92 Å². The van der Waals surface area contributed by atoms with Crippen LogP contribution in [0.5, 0.6) is 0 Å². The van der Waals surface area contributed by atoms with Crippen LogP contribution in [0.3, 0.4) is 0 Å². The number of aryl methyl sites for hydroxylation is 1. The SMILES string of the molecule is Cc1ccccc1N1C(N)=NCC1c1cc(Br)c(Cl)s1. The van der Waals surface area contributed by atoms with E-state index in [1.807, 2.05) is 12.1 Å². The van der Waals surface area contributed by atoms with Crippen LogP contribution in [-0.2, 0) is 0 Å². The average Bonchev–Trinajstić information content (AvgIpc) is 2.94. The summed E-state index contributed by atoms with van der Waals surface area (Å²) in [6.45, 7) is 2.73. The van der Waals surface area contributed by atoms with Gasteiger partial charge in [0.05, 0.1) is 12.6 Å². The number of thiophene rings is 1. The normalized spacial score (nSPS) is 18.4. The maximum Gasteiger partial charge on any atom is 0.196 e. The van der Waals surface area contributed by atoms with E-state index < -0.39 is 0 Å². The molecule has 3 rings (SSSR count). The van der Waals surface area contributed by atoms with Crippen LogP contribution in [0.15, 0.2) is 39.8 Å². The molecule has 2 heterocycles. The molecule has 20 heavy (non-hydrogen) atoms. The number of para-hydroxylation sites is 1. The van der Waals surface area contributed by atoms with Crippen LogP contribution >= 0.6 is 38.9 Å². The van der Waals surface area contributed by atoms with Crippen LogP contribution < -0.4 is 10.6 Å². The van der Waals surface area contributed by atoms with Gasteiger partial charge in [-0.05, 0) is 40.5 Å². The highest BCUT2D eigenvalue weighted by atomic mass is 79.9. The van der Waals surface area contributed by atoms with Gasteiger partial charge in [-0.3, -0.25) is 4.99 Å². The summed E-state index contributed by atoms with van der Waals surface area (Å²) in [7, 11) is 0. The number of halogens is 2. The minimum Gasteiger partial charge on any atom is -0.369 e. The molecule has 0 bridgehead atoms. The Kier molecular flexibility index (Phi) is 3.75. The van der Waals surface area contributed by atoms with Crippen molar-refractivity contribution >= 4 is 50.5 Å². The van der Waals surface area contributed by atoms with Crippen LogP contribution in [-0.4, -0.2) is 12.5 Å². The molecule has 6 heteroatoms. The first kappa shape index (κ1) is 13.9. The molecule has 1 aromatic heterocycles. The van der Waals surface area contributed by atoms with E-state index in [0.29, 0.717) is 12.5 Å². The monoisotopic (exact) mass is 369 g/mol. The fourth-order valence-corrected chi connectivity index (χ4v) is 4.19. The molecule has 0 radical (unpaired) electrons. The van der Waals surface area contributed by atoms with Crippen LogP contribution in [0.25, 0.3) is 0 Å². The van der Waals surface area contributed by atoms with Crippen LogP contribution in [0.2, 0.25) is 4.34 Å². The fraction of sp³-hybridized carbons (Fsp3) is 0.214. The summed E-state index contributed by atoms with van der Waals surface area (Å²) in [5.74, 6) is 0.560. The molecule has 0 saturated carbocycles. The Morgan fingerprint density at radius 1 is 1.45 bits per heavy atom. The summed E-state index contributed by atoms with van der Waals surface area (Å²) >= 11 is 11.2. The van der Waals surface area contributed by atoms with Crippen molar-refractivity contribution in [2.45, 2.75) is 13.0 Å². The zero-order valence-electron chi connectivity index (χ0n) is 10.8. The molecule has 104 valence electrons. The zero-order valence-corrected chi connectivity index (χ0v) is 14.0. The van der Waals surface area contributed by atoms with E-state index in [-0.39, 0.29) is 6.04 Å². The molecule has 0 fully saturated rings. The van der Waals surface area contributed by atoms with Crippen molar-refractivity contribution in [2.75, 3.05) is 11.4 Å². The molecule has 1 unspecified atom stereocenters. The van der Waals surface area contributed by atoms with Crippen molar-refractivity contribution in [3.8, 4) is 0 Å². The highest BCUT2D eigenvalue weighted by Crippen LogP contribution is 2.40. The van der Waals surface area contributed by atoms with Gasteiger partial charge in [-0.2, -0.15) is 0 Å². The van der Waals surface area contributed by atoms with Gasteiger partial charge in [-0.1, -0.05) is 29.8 Å². The number of rotatable bonds is 2. The predicted molar refractivity (Wildman–Crippen MR) is 89.9 cm³/mol. The first-order chi connectivity index (χ1) is 9.58. The smallest absolute Gasteiger partial charge is 0.196 e. The van der Waals surface area contributed by atoms with Gasteiger partial charge in [-0.25, -0.2) is 0 Å². The number of nitrogens with zero attached hydrogens (tertiary/aromatic N) is 2. The number of hydrogen-bond donors (Lipinski definition) is 1. The van der Waals surface area contributed by atoms with E-state index in [4.69, 9.17) is 17.3 Å². The molecule has 2 N–H and O–H groups in total. The Labute approximate surface area is 135 Å². The third-order valence-electron chi connectivity index (χ3n) is 3.35. The molecule has 1 aliphatic rings. The molecule has 1 aliphatic heterocycles. The first-order valence-electron chi connectivity index (χ1n) is 6.17. The van der Waals surface area contributed by atoms with Gasteiger partial charge >= 0.3 is 0 Å². The van der Waals surface area contributed by atoms with E-state index in [1.54, 1.807) is 11.3 Å². The summed E-state index contributed by atoms with van der Waals surface area (Å²) in [6.07, 6.45) is 0. The average molecular weight is 371 g/mol. The Balaban J connectivity index is 2.03. The quantitative estimate of drug-likeness (QED) is 0.854. The number of nitrogens with two attached hydrogens (primary N) is 1. The lowest BCUT2D eigenvalue weighted by Crippen LogP contribution is -2.36. The number of benzene rings is 1. The lowest BCUT2D eigenvalue weighted by Gasteiger charge is -2.27. The van der Waals surface area contributed by atoms with Crippen molar-refractivity contribution in [3.05, 3.63) is 49.6 Å².